The molecule has 1 aromatic rings. The van der Waals surface area contributed by atoms with Crippen molar-refractivity contribution in [3.05, 3.63) is 29.0 Å². The molecule has 3 nitrogen and oxygen atoms in total. The highest BCUT2D eigenvalue weighted by atomic mass is 35.5. The first-order chi connectivity index (χ1) is 10.0. The lowest BCUT2D eigenvalue weighted by molar-refractivity contribution is -0.141. The molecule has 1 saturated heterocycles. The van der Waals surface area contributed by atoms with Gasteiger partial charge in [-0.2, -0.15) is 0 Å². The van der Waals surface area contributed by atoms with Crippen molar-refractivity contribution in [2.45, 2.75) is 51.7 Å². The first-order valence-electron chi connectivity index (χ1n) is 7.45. The quantitative estimate of drug-likeness (QED) is 0.839. The molecule has 5 heteroatoms. The van der Waals surface area contributed by atoms with Crippen LogP contribution in [0.2, 0.25) is 5.02 Å². The van der Waals surface area contributed by atoms with Crippen LogP contribution in [0.3, 0.4) is 0 Å². The number of benzene rings is 1. The second-order valence-corrected chi connectivity index (χ2v) is 5.83. The van der Waals surface area contributed by atoms with Crippen LogP contribution in [0.1, 0.15) is 39.5 Å². The number of hydrogen-bond donors (Lipinski definition) is 0. The van der Waals surface area contributed by atoms with Gasteiger partial charge in [-0.25, -0.2) is 4.39 Å². The molecule has 116 valence electrons. The monoisotopic (exact) mass is 313 g/mol. The Balaban J connectivity index is 2.04. The highest BCUT2D eigenvalue weighted by molar-refractivity contribution is 6.32. The Labute approximate surface area is 130 Å². The van der Waals surface area contributed by atoms with Gasteiger partial charge >= 0.3 is 0 Å². The fourth-order valence-electron chi connectivity index (χ4n) is 2.76. The topological polar surface area (TPSA) is 29.5 Å². The van der Waals surface area contributed by atoms with Crippen molar-refractivity contribution in [1.29, 1.82) is 0 Å². The van der Waals surface area contributed by atoms with E-state index < -0.39 is 11.9 Å². The van der Waals surface area contributed by atoms with Crippen LogP contribution >= 0.6 is 11.6 Å². The molecule has 0 saturated carbocycles. The number of halogens is 2. The summed E-state index contributed by atoms with van der Waals surface area (Å²) >= 11 is 5.93. The molecule has 1 aliphatic rings. The number of rotatable bonds is 4. The SMILES string of the molecule is CCC1CCCCN1C(=O)C(C)Oc1ccc(F)cc1Cl. The zero-order valence-corrected chi connectivity index (χ0v) is 13.2. The Morgan fingerprint density at radius 3 is 2.95 bits per heavy atom. The Bertz CT molecular complexity index is 509. The summed E-state index contributed by atoms with van der Waals surface area (Å²) in [7, 11) is 0. The van der Waals surface area contributed by atoms with Gasteiger partial charge in [-0.05, 0) is 50.8 Å². The van der Waals surface area contributed by atoms with E-state index in [9.17, 15) is 9.18 Å². The van der Waals surface area contributed by atoms with Gasteiger partial charge < -0.3 is 9.64 Å². The minimum Gasteiger partial charge on any atom is -0.479 e. The van der Waals surface area contributed by atoms with Gasteiger partial charge in [0.05, 0.1) is 5.02 Å². The normalized spacial score (nSPS) is 20.2. The number of nitrogens with zero attached hydrogens (tertiary/aromatic N) is 1. The molecule has 21 heavy (non-hydrogen) atoms. The summed E-state index contributed by atoms with van der Waals surface area (Å²) in [6.45, 7) is 4.59. The Kier molecular flexibility index (Phi) is 5.45. The standard InChI is InChI=1S/C16H21ClFNO2/c1-3-13-6-4-5-9-19(13)16(20)11(2)21-15-8-7-12(18)10-14(15)17/h7-8,10-11,13H,3-6,9H2,1-2H3. The minimum absolute atomic E-state index is 0.0260. The zero-order valence-electron chi connectivity index (χ0n) is 12.4. The molecule has 2 unspecified atom stereocenters. The van der Waals surface area contributed by atoms with Crippen molar-refractivity contribution in [2.24, 2.45) is 0 Å². The summed E-state index contributed by atoms with van der Waals surface area (Å²) in [6, 6.07) is 4.20. The molecule has 0 aliphatic carbocycles. The number of ether oxygens (including phenoxy) is 1. The molecule has 1 aromatic carbocycles. The van der Waals surface area contributed by atoms with Crippen molar-refractivity contribution in [1.82, 2.24) is 4.90 Å². The fourth-order valence-corrected chi connectivity index (χ4v) is 2.97. The number of amides is 1. The first kappa shape index (κ1) is 16.1. The van der Waals surface area contributed by atoms with Crippen LogP contribution < -0.4 is 4.74 Å². The van der Waals surface area contributed by atoms with E-state index in [1.54, 1.807) is 6.92 Å². The van der Waals surface area contributed by atoms with Gasteiger partial charge in [0.2, 0.25) is 0 Å². The molecule has 0 radical (unpaired) electrons. The van der Waals surface area contributed by atoms with E-state index in [2.05, 4.69) is 6.92 Å². The summed E-state index contributed by atoms with van der Waals surface area (Å²) in [4.78, 5) is 14.4. The van der Waals surface area contributed by atoms with Crippen LogP contribution in [-0.2, 0) is 4.79 Å². The van der Waals surface area contributed by atoms with Crippen molar-refractivity contribution >= 4 is 17.5 Å². The maximum atomic E-state index is 13.0. The minimum atomic E-state index is -0.625. The second-order valence-electron chi connectivity index (χ2n) is 5.42. The predicted molar refractivity (Wildman–Crippen MR) is 81.1 cm³/mol. The maximum absolute atomic E-state index is 13.0. The molecular weight excluding hydrogens is 293 g/mol. The summed E-state index contributed by atoms with van der Waals surface area (Å²) in [5.41, 5.74) is 0. The third-order valence-electron chi connectivity index (χ3n) is 3.93. The van der Waals surface area contributed by atoms with E-state index in [1.807, 2.05) is 4.90 Å². The van der Waals surface area contributed by atoms with E-state index >= 15 is 0 Å². The number of piperidine rings is 1. The summed E-state index contributed by atoms with van der Waals surface area (Å²) < 4.78 is 18.6. The van der Waals surface area contributed by atoms with E-state index in [0.29, 0.717) is 11.8 Å². The number of likely N-dealkylation sites (tertiary alicyclic amines) is 1. The second kappa shape index (κ2) is 7.12. The van der Waals surface area contributed by atoms with Crippen LogP contribution in [-0.4, -0.2) is 29.5 Å². The average molecular weight is 314 g/mol. The summed E-state index contributed by atoms with van der Waals surface area (Å²) in [5.74, 6) is -0.112. The molecule has 1 aliphatic heterocycles. The molecule has 0 aromatic heterocycles. The molecule has 0 spiro atoms. The molecule has 1 amide bonds. The maximum Gasteiger partial charge on any atom is 0.263 e. The molecule has 1 heterocycles. The van der Waals surface area contributed by atoms with E-state index in [-0.39, 0.29) is 10.9 Å². The van der Waals surface area contributed by atoms with Gasteiger partial charge in [0.15, 0.2) is 6.10 Å². The third kappa shape index (κ3) is 3.88. The average Bonchev–Trinajstić information content (AvgIpc) is 2.49. The summed E-state index contributed by atoms with van der Waals surface area (Å²) in [5, 5.41) is 0.181. The van der Waals surface area contributed by atoms with Gasteiger partial charge in [0, 0.05) is 12.6 Å². The van der Waals surface area contributed by atoms with Crippen LogP contribution in [0.15, 0.2) is 18.2 Å². The van der Waals surface area contributed by atoms with E-state index in [4.69, 9.17) is 16.3 Å². The van der Waals surface area contributed by atoms with Crippen molar-refractivity contribution in [3.63, 3.8) is 0 Å². The summed E-state index contributed by atoms with van der Waals surface area (Å²) in [6.07, 6.45) is 3.58. The van der Waals surface area contributed by atoms with Crippen LogP contribution in [0.25, 0.3) is 0 Å². The number of hydrogen-bond acceptors (Lipinski definition) is 2. The smallest absolute Gasteiger partial charge is 0.263 e. The highest BCUT2D eigenvalue weighted by Gasteiger charge is 2.29. The Hall–Kier alpha value is -1.29. The molecule has 0 bridgehead atoms. The van der Waals surface area contributed by atoms with E-state index in [1.165, 1.54) is 24.6 Å². The van der Waals surface area contributed by atoms with Gasteiger partial charge in [-0.1, -0.05) is 18.5 Å². The van der Waals surface area contributed by atoms with Gasteiger partial charge in [0.1, 0.15) is 11.6 Å². The Morgan fingerprint density at radius 2 is 2.29 bits per heavy atom. The molecule has 2 rings (SSSR count). The lowest BCUT2D eigenvalue weighted by Crippen LogP contribution is -2.48. The first-order valence-corrected chi connectivity index (χ1v) is 7.83. The predicted octanol–water partition coefficient (Wildman–Crippen LogP) is 4.04. The lowest BCUT2D eigenvalue weighted by Gasteiger charge is -2.36. The van der Waals surface area contributed by atoms with Crippen LogP contribution in [0, 0.1) is 5.82 Å². The van der Waals surface area contributed by atoms with Crippen molar-refractivity contribution in [2.75, 3.05) is 6.54 Å². The van der Waals surface area contributed by atoms with Crippen molar-refractivity contribution < 1.29 is 13.9 Å². The third-order valence-corrected chi connectivity index (χ3v) is 4.22. The lowest BCUT2D eigenvalue weighted by atomic mass is 9.99. The van der Waals surface area contributed by atoms with Crippen molar-refractivity contribution in [3.8, 4) is 5.75 Å². The van der Waals surface area contributed by atoms with Crippen LogP contribution in [0.4, 0.5) is 4.39 Å². The van der Waals surface area contributed by atoms with Gasteiger partial charge in [0.25, 0.3) is 5.91 Å². The van der Waals surface area contributed by atoms with Gasteiger partial charge in [-0.15, -0.1) is 0 Å². The largest absolute Gasteiger partial charge is 0.479 e. The Morgan fingerprint density at radius 1 is 1.52 bits per heavy atom. The molecule has 0 N–H and O–H groups in total. The van der Waals surface area contributed by atoms with E-state index in [0.717, 1.165) is 25.8 Å². The zero-order chi connectivity index (χ0) is 15.4. The van der Waals surface area contributed by atoms with Gasteiger partial charge in [-0.3, -0.25) is 4.79 Å². The molecular formula is C16H21ClFNO2. The fraction of sp³-hybridized carbons (Fsp3) is 0.562. The van der Waals surface area contributed by atoms with Crippen LogP contribution in [0.5, 0.6) is 5.75 Å². The number of carbonyl (C=O) groups is 1. The molecule has 1 fully saturated rings. The number of carbonyl (C=O) groups excluding carboxylic acids is 1. The highest BCUT2D eigenvalue weighted by Crippen LogP contribution is 2.27. The molecule has 2 atom stereocenters.